The maximum Gasteiger partial charge on any atom is 0.325 e. The summed E-state index contributed by atoms with van der Waals surface area (Å²) in [6.07, 6.45) is 1.48. The Hall–Kier alpha value is -1.65. The zero-order valence-electron chi connectivity index (χ0n) is 9.15. The van der Waals surface area contributed by atoms with Crippen LogP contribution in [-0.4, -0.2) is 29.6 Å². The molecule has 0 aromatic carbocycles. The van der Waals surface area contributed by atoms with Gasteiger partial charge >= 0.3 is 5.97 Å². The zero-order valence-corrected chi connectivity index (χ0v) is 9.15. The lowest BCUT2D eigenvalue weighted by Crippen LogP contribution is -2.16. The molecule has 5 nitrogen and oxygen atoms in total. The minimum absolute atomic E-state index is 0.116. The van der Waals surface area contributed by atoms with E-state index in [0.29, 0.717) is 11.7 Å². The summed E-state index contributed by atoms with van der Waals surface area (Å²) in [7, 11) is 1.35. The molecular weight excluding hydrogens is 194 g/mol. The van der Waals surface area contributed by atoms with E-state index >= 15 is 0 Å². The number of hydrogen-bond acceptors (Lipinski definition) is 5. The SMILES string of the molecule is COC(=O)CNc1cc(C(C)C)ncn1. The van der Waals surface area contributed by atoms with Gasteiger partial charge in [0.2, 0.25) is 0 Å². The molecule has 1 aromatic heterocycles. The van der Waals surface area contributed by atoms with Crippen molar-refractivity contribution < 1.29 is 9.53 Å². The fourth-order valence-electron chi connectivity index (χ4n) is 1.02. The molecule has 0 atom stereocenters. The first-order chi connectivity index (χ1) is 7.13. The fourth-order valence-corrected chi connectivity index (χ4v) is 1.02. The highest BCUT2D eigenvalue weighted by molar-refractivity contribution is 5.74. The number of nitrogens with zero attached hydrogens (tertiary/aromatic N) is 2. The Morgan fingerprint density at radius 2 is 2.27 bits per heavy atom. The van der Waals surface area contributed by atoms with Crippen molar-refractivity contribution in [2.45, 2.75) is 19.8 Å². The van der Waals surface area contributed by atoms with Crippen LogP contribution in [-0.2, 0) is 9.53 Å². The molecule has 1 aromatic rings. The molecule has 0 saturated carbocycles. The van der Waals surface area contributed by atoms with Gasteiger partial charge < -0.3 is 10.1 Å². The van der Waals surface area contributed by atoms with E-state index in [-0.39, 0.29) is 12.5 Å². The summed E-state index contributed by atoms with van der Waals surface area (Å²) in [5.41, 5.74) is 0.942. The smallest absolute Gasteiger partial charge is 0.325 e. The van der Waals surface area contributed by atoms with Crippen LogP contribution in [0.3, 0.4) is 0 Å². The predicted molar refractivity (Wildman–Crippen MR) is 56.6 cm³/mol. The Bertz CT molecular complexity index is 339. The normalized spacial score (nSPS) is 10.1. The van der Waals surface area contributed by atoms with E-state index in [0.717, 1.165) is 5.69 Å². The summed E-state index contributed by atoms with van der Waals surface area (Å²) in [6.45, 7) is 4.21. The zero-order chi connectivity index (χ0) is 11.3. The van der Waals surface area contributed by atoms with Gasteiger partial charge in [0, 0.05) is 11.8 Å². The fraction of sp³-hybridized carbons (Fsp3) is 0.500. The van der Waals surface area contributed by atoms with Gasteiger partial charge in [0.25, 0.3) is 0 Å². The van der Waals surface area contributed by atoms with Crippen LogP contribution in [0.2, 0.25) is 0 Å². The second kappa shape index (κ2) is 5.29. The van der Waals surface area contributed by atoms with Crippen molar-refractivity contribution in [2.75, 3.05) is 19.0 Å². The summed E-state index contributed by atoms with van der Waals surface area (Å²) < 4.78 is 4.50. The highest BCUT2D eigenvalue weighted by Gasteiger charge is 2.04. The number of aromatic nitrogens is 2. The summed E-state index contributed by atoms with van der Waals surface area (Å²) >= 11 is 0. The number of carbonyl (C=O) groups is 1. The lowest BCUT2D eigenvalue weighted by molar-refractivity contribution is -0.138. The predicted octanol–water partition coefficient (Wildman–Crippen LogP) is 1.18. The van der Waals surface area contributed by atoms with E-state index in [2.05, 4.69) is 20.0 Å². The molecule has 0 unspecified atom stereocenters. The third-order valence-electron chi connectivity index (χ3n) is 1.92. The van der Waals surface area contributed by atoms with Crippen molar-refractivity contribution in [2.24, 2.45) is 0 Å². The number of nitrogens with one attached hydrogen (secondary N) is 1. The van der Waals surface area contributed by atoms with Crippen molar-refractivity contribution in [3.63, 3.8) is 0 Å². The van der Waals surface area contributed by atoms with Crippen LogP contribution in [0.25, 0.3) is 0 Å². The third kappa shape index (κ3) is 3.53. The van der Waals surface area contributed by atoms with Crippen LogP contribution in [0.5, 0.6) is 0 Å². The number of carbonyl (C=O) groups excluding carboxylic acids is 1. The van der Waals surface area contributed by atoms with E-state index < -0.39 is 0 Å². The topological polar surface area (TPSA) is 64.1 Å². The largest absolute Gasteiger partial charge is 0.468 e. The third-order valence-corrected chi connectivity index (χ3v) is 1.92. The molecule has 0 bridgehead atoms. The maximum atomic E-state index is 10.9. The van der Waals surface area contributed by atoms with E-state index in [1.807, 2.05) is 19.9 Å². The monoisotopic (exact) mass is 209 g/mol. The van der Waals surface area contributed by atoms with Crippen molar-refractivity contribution in [3.8, 4) is 0 Å². The van der Waals surface area contributed by atoms with Crippen LogP contribution >= 0.6 is 0 Å². The highest BCUT2D eigenvalue weighted by Crippen LogP contribution is 2.13. The average Bonchev–Trinajstić information content (AvgIpc) is 2.26. The number of methoxy groups -OCH3 is 1. The van der Waals surface area contributed by atoms with Gasteiger partial charge in [0.15, 0.2) is 0 Å². The second-order valence-electron chi connectivity index (χ2n) is 3.41. The molecule has 0 spiro atoms. The number of hydrogen-bond donors (Lipinski definition) is 1. The Kier molecular flexibility index (Phi) is 4.03. The van der Waals surface area contributed by atoms with Gasteiger partial charge in [0.05, 0.1) is 7.11 Å². The van der Waals surface area contributed by atoms with Crippen LogP contribution in [0.4, 0.5) is 5.82 Å². The van der Waals surface area contributed by atoms with E-state index in [1.165, 1.54) is 13.4 Å². The molecule has 1 rings (SSSR count). The minimum Gasteiger partial charge on any atom is -0.468 e. The lowest BCUT2D eigenvalue weighted by Gasteiger charge is -2.07. The number of anilines is 1. The summed E-state index contributed by atoms with van der Waals surface area (Å²) in [5, 5.41) is 2.86. The Morgan fingerprint density at radius 3 is 2.87 bits per heavy atom. The molecule has 0 aliphatic heterocycles. The molecule has 0 aliphatic rings. The van der Waals surface area contributed by atoms with Crippen LogP contribution < -0.4 is 5.32 Å². The first-order valence-electron chi connectivity index (χ1n) is 4.76. The Morgan fingerprint density at radius 1 is 1.53 bits per heavy atom. The van der Waals surface area contributed by atoms with Crippen LogP contribution in [0, 0.1) is 0 Å². The van der Waals surface area contributed by atoms with E-state index in [1.54, 1.807) is 0 Å². The summed E-state index contributed by atoms with van der Waals surface area (Å²) in [6, 6.07) is 1.83. The molecule has 0 radical (unpaired) electrons. The highest BCUT2D eigenvalue weighted by atomic mass is 16.5. The number of esters is 1. The van der Waals surface area contributed by atoms with Gasteiger partial charge in [-0.2, -0.15) is 0 Å². The molecule has 0 saturated heterocycles. The Labute approximate surface area is 88.9 Å². The van der Waals surface area contributed by atoms with Gasteiger partial charge in [-0.3, -0.25) is 4.79 Å². The van der Waals surface area contributed by atoms with E-state index in [9.17, 15) is 4.79 Å². The standard InChI is InChI=1S/C10H15N3O2/c1-7(2)8-4-9(13-6-12-8)11-5-10(14)15-3/h4,6-7H,5H2,1-3H3,(H,11,12,13). The second-order valence-corrected chi connectivity index (χ2v) is 3.41. The van der Waals surface area contributed by atoms with Gasteiger partial charge in [-0.15, -0.1) is 0 Å². The molecule has 0 amide bonds. The van der Waals surface area contributed by atoms with Crippen molar-refractivity contribution >= 4 is 11.8 Å². The molecule has 5 heteroatoms. The average molecular weight is 209 g/mol. The molecule has 1 N–H and O–H groups in total. The summed E-state index contributed by atoms with van der Waals surface area (Å²) in [4.78, 5) is 19.0. The van der Waals surface area contributed by atoms with Crippen molar-refractivity contribution in [3.05, 3.63) is 18.1 Å². The molecule has 0 aliphatic carbocycles. The van der Waals surface area contributed by atoms with Gasteiger partial charge in [-0.25, -0.2) is 9.97 Å². The molecule has 1 heterocycles. The lowest BCUT2D eigenvalue weighted by atomic mass is 10.1. The Balaban J connectivity index is 2.61. The first kappa shape index (κ1) is 11.4. The van der Waals surface area contributed by atoms with Crippen LogP contribution in [0.1, 0.15) is 25.5 Å². The van der Waals surface area contributed by atoms with E-state index in [4.69, 9.17) is 0 Å². The summed E-state index contributed by atoms with van der Waals surface area (Å²) in [5.74, 6) is 0.658. The van der Waals surface area contributed by atoms with Crippen molar-refractivity contribution in [1.29, 1.82) is 0 Å². The molecule has 15 heavy (non-hydrogen) atoms. The van der Waals surface area contributed by atoms with Crippen LogP contribution in [0.15, 0.2) is 12.4 Å². The molecule has 0 fully saturated rings. The maximum absolute atomic E-state index is 10.9. The quantitative estimate of drug-likeness (QED) is 0.754. The number of rotatable bonds is 4. The number of ether oxygens (including phenoxy) is 1. The molecule has 82 valence electrons. The van der Waals surface area contributed by atoms with Gasteiger partial charge in [-0.05, 0) is 5.92 Å². The van der Waals surface area contributed by atoms with Gasteiger partial charge in [-0.1, -0.05) is 13.8 Å². The van der Waals surface area contributed by atoms with Crippen molar-refractivity contribution in [1.82, 2.24) is 9.97 Å². The first-order valence-corrected chi connectivity index (χ1v) is 4.76. The minimum atomic E-state index is -0.320. The van der Waals surface area contributed by atoms with Gasteiger partial charge in [0.1, 0.15) is 18.7 Å². The molecular formula is C10H15N3O2.